The summed E-state index contributed by atoms with van der Waals surface area (Å²) in [4.78, 5) is 11.2. The molecule has 2 aliphatic rings. The Morgan fingerprint density at radius 1 is 1.15 bits per heavy atom. The largest absolute Gasteiger partial charge is 0.463 e. The van der Waals surface area contributed by atoms with Crippen LogP contribution in [0.4, 0.5) is 0 Å². The van der Waals surface area contributed by atoms with Crippen molar-refractivity contribution in [3.63, 3.8) is 0 Å². The average molecular weight is 435 g/mol. The molecule has 27 heavy (non-hydrogen) atoms. The summed E-state index contributed by atoms with van der Waals surface area (Å²) in [6.07, 6.45) is -1.88. The van der Waals surface area contributed by atoms with E-state index in [2.05, 4.69) is 0 Å². The Balaban J connectivity index is 1.74. The molecule has 2 fully saturated rings. The van der Waals surface area contributed by atoms with Crippen LogP contribution < -0.4 is 0 Å². The van der Waals surface area contributed by atoms with Gasteiger partial charge in [0, 0.05) is 12.3 Å². The molecule has 0 amide bonds. The predicted molar refractivity (Wildman–Crippen MR) is 101 cm³/mol. The third-order valence-corrected chi connectivity index (χ3v) is 5.68. The van der Waals surface area contributed by atoms with E-state index in [4.69, 9.17) is 53.8 Å². The van der Waals surface area contributed by atoms with Crippen LogP contribution in [0.2, 0.25) is 15.2 Å². The van der Waals surface area contributed by atoms with Crippen molar-refractivity contribution in [3.8, 4) is 0 Å². The molecule has 2 aliphatic heterocycles. The van der Waals surface area contributed by atoms with Crippen molar-refractivity contribution in [3.05, 3.63) is 33.4 Å². The summed E-state index contributed by atoms with van der Waals surface area (Å²) < 4.78 is 25.2. The maximum absolute atomic E-state index is 11.2. The number of benzene rings is 1. The highest BCUT2D eigenvalue weighted by Crippen LogP contribution is 2.46. The number of aromatic nitrogens is 1. The Bertz CT molecular complexity index is 912. The van der Waals surface area contributed by atoms with Crippen molar-refractivity contribution in [2.75, 3.05) is 6.61 Å². The van der Waals surface area contributed by atoms with Gasteiger partial charge in [0.05, 0.1) is 15.6 Å². The van der Waals surface area contributed by atoms with Gasteiger partial charge in [-0.3, -0.25) is 4.79 Å². The van der Waals surface area contributed by atoms with E-state index >= 15 is 0 Å². The fraction of sp³-hybridized carbons (Fsp3) is 0.500. The normalized spacial score (nSPS) is 29.3. The van der Waals surface area contributed by atoms with Gasteiger partial charge in [-0.1, -0.05) is 34.8 Å². The smallest absolute Gasteiger partial charge is 0.302 e. The van der Waals surface area contributed by atoms with Gasteiger partial charge in [-0.15, -0.1) is 0 Å². The molecule has 4 atom stereocenters. The molecule has 1 aromatic carbocycles. The van der Waals surface area contributed by atoms with Crippen molar-refractivity contribution in [1.29, 1.82) is 0 Å². The van der Waals surface area contributed by atoms with Crippen molar-refractivity contribution < 1.29 is 23.7 Å². The summed E-state index contributed by atoms with van der Waals surface area (Å²) in [5.74, 6) is -1.18. The van der Waals surface area contributed by atoms with Crippen LogP contribution in [0.3, 0.4) is 0 Å². The third-order valence-electron chi connectivity index (χ3n) is 4.66. The van der Waals surface area contributed by atoms with E-state index < -0.39 is 30.3 Å². The highest BCUT2D eigenvalue weighted by molar-refractivity contribution is 6.43. The molecule has 4 rings (SSSR count). The van der Waals surface area contributed by atoms with Crippen molar-refractivity contribution in [2.24, 2.45) is 0 Å². The number of fused-ring (bicyclic) bond motifs is 2. The number of esters is 1. The van der Waals surface area contributed by atoms with Crippen LogP contribution in [0, 0.1) is 0 Å². The molecule has 0 saturated carbocycles. The number of hydrogen-bond acceptors (Lipinski definition) is 5. The van der Waals surface area contributed by atoms with E-state index in [-0.39, 0.29) is 12.6 Å². The summed E-state index contributed by atoms with van der Waals surface area (Å²) in [5, 5.41) is 2.14. The molecule has 0 spiro atoms. The van der Waals surface area contributed by atoms with Gasteiger partial charge in [0.2, 0.25) is 0 Å². The number of hydrogen-bond donors (Lipinski definition) is 0. The quantitative estimate of drug-likeness (QED) is 0.662. The minimum atomic E-state index is -0.789. The molecule has 6 nitrogen and oxygen atoms in total. The summed E-state index contributed by atoms with van der Waals surface area (Å²) in [7, 11) is 0. The number of nitrogens with zero attached hydrogens (tertiary/aromatic N) is 1. The average Bonchev–Trinajstić information content (AvgIpc) is 3.14. The van der Waals surface area contributed by atoms with E-state index in [1.807, 2.05) is 13.8 Å². The minimum Gasteiger partial charge on any atom is -0.463 e. The van der Waals surface area contributed by atoms with Crippen molar-refractivity contribution in [2.45, 2.75) is 51.1 Å². The Morgan fingerprint density at radius 2 is 1.81 bits per heavy atom. The van der Waals surface area contributed by atoms with Gasteiger partial charge in [-0.05, 0) is 32.0 Å². The first-order chi connectivity index (χ1) is 12.7. The van der Waals surface area contributed by atoms with Gasteiger partial charge < -0.3 is 23.5 Å². The molecule has 2 aromatic rings. The summed E-state index contributed by atoms with van der Waals surface area (Å²) >= 11 is 18.8. The number of halogens is 3. The predicted octanol–water partition coefficient (Wildman–Crippen LogP) is 4.58. The lowest BCUT2D eigenvalue weighted by Crippen LogP contribution is -2.33. The lowest BCUT2D eigenvalue weighted by Gasteiger charge is -2.25. The van der Waals surface area contributed by atoms with Gasteiger partial charge in [0.25, 0.3) is 0 Å². The molecule has 146 valence electrons. The zero-order valence-corrected chi connectivity index (χ0v) is 17.1. The van der Waals surface area contributed by atoms with E-state index in [0.717, 1.165) is 10.9 Å². The molecule has 9 heteroatoms. The standard InChI is InChI=1S/C18H18Cl3NO5/c1-8(23)24-7-13-15-16(27-18(2,3)26-15)17(25-13)22-12-6-11(20)10(19)4-9(12)5-14(22)21/h4-6,13,15-17H,7H2,1-3H3/t13-,15-,16-,17-/m1/s1. The molecule has 1 aromatic heterocycles. The van der Waals surface area contributed by atoms with Crippen LogP contribution in [0.5, 0.6) is 0 Å². The van der Waals surface area contributed by atoms with Crippen LogP contribution in [-0.4, -0.2) is 41.2 Å². The van der Waals surface area contributed by atoms with Crippen molar-refractivity contribution in [1.82, 2.24) is 4.57 Å². The summed E-state index contributed by atoms with van der Waals surface area (Å²) in [6, 6.07) is 5.28. The molecule has 3 heterocycles. The van der Waals surface area contributed by atoms with Crippen LogP contribution in [0.1, 0.15) is 27.0 Å². The Hall–Kier alpha value is -1.02. The first kappa shape index (κ1) is 19.3. The van der Waals surface area contributed by atoms with Gasteiger partial charge in [0.15, 0.2) is 12.0 Å². The first-order valence-electron chi connectivity index (χ1n) is 8.46. The fourth-order valence-corrected chi connectivity index (χ4v) is 4.28. The molecule has 0 N–H and O–H groups in total. The maximum Gasteiger partial charge on any atom is 0.302 e. The zero-order valence-electron chi connectivity index (χ0n) is 14.9. The second-order valence-corrected chi connectivity index (χ2v) is 8.30. The number of carbonyl (C=O) groups excluding carboxylic acids is 1. The molecule has 0 unspecified atom stereocenters. The highest BCUT2D eigenvalue weighted by atomic mass is 35.5. The summed E-state index contributed by atoms with van der Waals surface area (Å²) in [6.45, 7) is 5.08. The Kier molecular flexibility index (Phi) is 4.86. The molecule has 0 bridgehead atoms. The number of carbonyl (C=O) groups is 1. The SMILES string of the molecule is CC(=O)OC[C@H]1O[C@@H](n2c(Cl)cc3cc(Cl)c(Cl)cc32)[C@@H]2OC(C)(C)O[C@@H]21. The molecular weight excluding hydrogens is 417 g/mol. The van der Waals surface area contributed by atoms with Crippen LogP contribution >= 0.6 is 34.8 Å². The zero-order chi connectivity index (χ0) is 19.5. The number of ether oxygens (including phenoxy) is 4. The monoisotopic (exact) mass is 433 g/mol. The summed E-state index contributed by atoms with van der Waals surface area (Å²) in [5.41, 5.74) is 0.764. The maximum atomic E-state index is 11.2. The minimum absolute atomic E-state index is 0.0653. The molecule has 0 radical (unpaired) electrons. The van der Waals surface area contributed by atoms with E-state index in [1.165, 1.54) is 6.92 Å². The van der Waals surface area contributed by atoms with E-state index in [9.17, 15) is 4.79 Å². The Labute approximate surface area is 171 Å². The first-order valence-corrected chi connectivity index (χ1v) is 9.59. The van der Waals surface area contributed by atoms with Crippen LogP contribution in [-0.2, 0) is 23.7 Å². The molecule has 0 aliphatic carbocycles. The van der Waals surface area contributed by atoms with Gasteiger partial charge >= 0.3 is 5.97 Å². The lowest BCUT2D eigenvalue weighted by atomic mass is 10.1. The molecule has 2 saturated heterocycles. The fourth-order valence-electron chi connectivity index (χ4n) is 3.65. The molecular formula is C18H18Cl3NO5. The Morgan fingerprint density at radius 3 is 2.52 bits per heavy atom. The topological polar surface area (TPSA) is 58.9 Å². The van der Waals surface area contributed by atoms with Crippen LogP contribution in [0.15, 0.2) is 18.2 Å². The van der Waals surface area contributed by atoms with Crippen molar-refractivity contribution >= 4 is 51.7 Å². The van der Waals surface area contributed by atoms with Gasteiger partial charge in [0.1, 0.15) is 30.1 Å². The lowest BCUT2D eigenvalue weighted by molar-refractivity contribution is -0.201. The van der Waals surface area contributed by atoms with E-state index in [0.29, 0.717) is 15.2 Å². The second kappa shape index (κ2) is 6.79. The van der Waals surface area contributed by atoms with Gasteiger partial charge in [-0.25, -0.2) is 0 Å². The third kappa shape index (κ3) is 3.43. The highest BCUT2D eigenvalue weighted by Gasteiger charge is 2.56. The van der Waals surface area contributed by atoms with Crippen LogP contribution in [0.25, 0.3) is 10.9 Å². The van der Waals surface area contributed by atoms with Gasteiger partial charge in [-0.2, -0.15) is 0 Å². The number of rotatable bonds is 3. The van der Waals surface area contributed by atoms with E-state index in [1.54, 1.807) is 22.8 Å². The second-order valence-electron chi connectivity index (χ2n) is 7.09.